The van der Waals surface area contributed by atoms with Crippen LogP contribution in [0.15, 0.2) is 23.8 Å². The van der Waals surface area contributed by atoms with Gasteiger partial charge in [-0.3, -0.25) is 0 Å². The van der Waals surface area contributed by atoms with Crippen molar-refractivity contribution < 1.29 is 9.84 Å². The normalized spacial score (nSPS) is 18.1. The molecule has 0 bridgehead atoms. The number of methoxy groups -OCH3 is 1. The lowest BCUT2D eigenvalue weighted by molar-refractivity contribution is 0.0203. The Morgan fingerprint density at radius 1 is 1.50 bits per heavy atom. The maximum Gasteiger partial charge on any atom is 0.104 e. The van der Waals surface area contributed by atoms with Crippen LogP contribution in [0.25, 0.3) is 0 Å². The molecule has 0 heterocycles. The van der Waals surface area contributed by atoms with Crippen LogP contribution in [0, 0.1) is 0 Å². The van der Waals surface area contributed by atoms with Crippen molar-refractivity contribution in [1.82, 2.24) is 0 Å². The molecule has 0 saturated heterocycles. The van der Waals surface area contributed by atoms with E-state index in [0.29, 0.717) is 0 Å². The molecule has 12 heavy (non-hydrogen) atoms. The van der Waals surface area contributed by atoms with E-state index in [4.69, 9.17) is 4.74 Å². The molecule has 0 spiro atoms. The van der Waals surface area contributed by atoms with Gasteiger partial charge >= 0.3 is 0 Å². The number of aliphatic hydroxyl groups excluding tert-OH is 1. The highest BCUT2D eigenvalue weighted by Crippen LogP contribution is 2.14. The van der Waals surface area contributed by atoms with Gasteiger partial charge in [0.05, 0.1) is 6.10 Å². The van der Waals surface area contributed by atoms with Crippen LogP contribution in [-0.4, -0.2) is 24.4 Å². The summed E-state index contributed by atoms with van der Waals surface area (Å²) in [7, 11) is 1.59. The highest BCUT2D eigenvalue weighted by Gasteiger charge is 2.16. The van der Waals surface area contributed by atoms with Crippen molar-refractivity contribution in [1.29, 1.82) is 0 Å². The summed E-state index contributed by atoms with van der Waals surface area (Å²) in [5.74, 6) is 0. The standard InChI is InChI=1S/C10H18O2/c1-6-7(2)8(3)10(12-5)9(4)11/h6,9-11H,1H2,2-5H3/b8-7-. The summed E-state index contributed by atoms with van der Waals surface area (Å²) in [6.07, 6.45) is 1.07. The van der Waals surface area contributed by atoms with Crippen LogP contribution in [0.5, 0.6) is 0 Å². The molecule has 2 atom stereocenters. The molecule has 2 nitrogen and oxygen atoms in total. The summed E-state index contributed by atoms with van der Waals surface area (Å²) < 4.78 is 5.14. The summed E-state index contributed by atoms with van der Waals surface area (Å²) in [6, 6.07) is 0. The third-order valence-electron chi connectivity index (χ3n) is 2.05. The first-order valence-electron chi connectivity index (χ1n) is 4.05. The van der Waals surface area contributed by atoms with Gasteiger partial charge in [-0.25, -0.2) is 0 Å². The molecular formula is C10H18O2. The summed E-state index contributed by atoms with van der Waals surface area (Å²) in [5, 5.41) is 9.33. The maximum atomic E-state index is 9.33. The molecule has 0 aromatic rings. The minimum Gasteiger partial charge on any atom is -0.390 e. The fraction of sp³-hybridized carbons (Fsp3) is 0.600. The van der Waals surface area contributed by atoms with Gasteiger partial charge in [0.1, 0.15) is 6.10 Å². The molecule has 0 saturated carbocycles. The zero-order valence-corrected chi connectivity index (χ0v) is 8.29. The van der Waals surface area contributed by atoms with E-state index in [1.165, 1.54) is 0 Å². The zero-order valence-electron chi connectivity index (χ0n) is 8.29. The Morgan fingerprint density at radius 2 is 2.00 bits per heavy atom. The van der Waals surface area contributed by atoms with Gasteiger partial charge in [-0.15, -0.1) is 0 Å². The van der Waals surface area contributed by atoms with E-state index in [1.807, 2.05) is 13.8 Å². The van der Waals surface area contributed by atoms with Gasteiger partial charge in [0, 0.05) is 7.11 Å². The van der Waals surface area contributed by atoms with Crippen molar-refractivity contribution in [2.24, 2.45) is 0 Å². The number of allylic oxidation sites excluding steroid dienone is 2. The average molecular weight is 170 g/mol. The Morgan fingerprint density at radius 3 is 2.25 bits per heavy atom. The highest BCUT2D eigenvalue weighted by molar-refractivity contribution is 5.24. The van der Waals surface area contributed by atoms with Crippen LogP contribution in [0.2, 0.25) is 0 Å². The lowest BCUT2D eigenvalue weighted by Crippen LogP contribution is -2.26. The van der Waals surface area contributed by atoms with Crippen LogP contribution in [0.4, 0.5) is 0 Å². The molecule has 0 aromatic carbocycles. The number of aliphatic hydroxyl groups is 1. The Labute approximate surface area is 74.6 Å². The predicted octanol–water partition coefficient (Wildman–Crippen LogP) is 1.90. The summed E-state index contributed by atoms with van der Waals surface area (Å²) in [4.78, 5) is 0. The molecule has 0 aliphatic rings. The molecule has 70 valence electrons. The van der Waals surface area contributed by atoms with E-state index in [-0.39, 0.29) is 6.10 Å². The third-order valence-corrected chi connectivity index (χ3v) is 2.05. The van der Waals surface area contributed by atoms with Crippen molar-refractivity contribution in [3.63, 3.8) is 0 Å². The molecule has 0 aromatic heterocycles. The Bertz CT molecular complexity index is 180. The molecule has 1 N–H and O–H groups in total. The fourth-order valence-electron chi connectivity index (χ4n) is 1.12. The van der Waals surface area contributed by atoms with Crippen LogP contribution in [-0.2, 0) is 4.74 Å². The van der Waals surface area contributed by atoms with Crippen LogP contribution >= 0.6 is 0 Å². The van der Waals surface area contributed by atoms with Crippen molar-refractivity contribution in [3.05, 3.63) is 23.8 Å². The molecule has 0 aliphatic heterocycles. The molecule has 2 unspecified atom stereocenters. The zero-order chi connectivity index (χ0) is 9.72. The van der Waals surface area contributed by atoms with E-state index in [9.17, 15) is 5.11 Å². The Balaban J connectivity index is 4.62. The predicted molar refractivity (Wildman–Crippen MR) is 51.0 cm³/mol. The van der Waals surface area contributed by atoms with Gasteiger partial charge in [0.15, 0.2) is 0 Å². The first-order chi connectivity index (χ1) is 5.54. The monoisotopic (exact) mass is 170 g/mol. The molecule has 0 radical (unpaired) electrons. The fourth-order valence-corrected chi connectivity index (χ4v) is 1.12. The molecular weight excluding hydrogens is 152 g/mol. The first-order valence-corrected chi connectivity index (χ1v) is 4.05. The third kappa shape index (κ3) is 2.80. The summed E-state index contributed by atoms with van der Waals surface area (Å²) >= 11 is 0. The summed E-state index contributed by atoms with van der Waals surface area (Å²) in [6.45, 7) is 9.28. The molecule has 2 heteroatoms. The van der Waals surface area contributed by atoms with Gasteiger partial charge in [-0.1, -0.05) is 18.2 Å². The van der Waals surface area contributed by atoms with Crippen molar-refractivity contribution >= 4 is 0 Å². The van der Waals surface area contributed by atoms with Gasteiger partial charge in [0.25, 0.3) is 0 Å². The maximum absolute atomic E-state index is 9.33. The first kappa shape index (κ1) is 11.4. The second kappa shape index (κ2) is 5.12. The minimum absolute atomic E-state index is 0.219. The van der Waals surface area contributed by atoms with E-state index in [2.05, 4.69) is 6.58 Å². The lowest BCUT2D eigenvalue weighted by atomic mass is 10.0. The van der Waals surface area contributed by atoms with Crippen molar-refractivity contribution in [2.75, 3.05) is 7.11 Å². The van der Waals surface area contributed by atoms with Crippen LogP contribution < -0.4 is 0 Å². The largest absolute Gasteiger partial charge is 0.390 e. The smallest absolute Gasteiger partial charge is 0.104 e. The Kier molecular flexibility index (Phi) is 4.86. The van der Waals surface area contributed by atoms with Crippen LogP contribution in [0.1, 0.15) is 20.8 Å². The number of ether oxygens (including phenoxy) is 1. The van der Waals surface area contributed by atoms with E-state index < -0.39 is 6.10 Å². The van der Waals surface area contributed by atoms with Crippen molar-refractivity contribution in [3.8, 4) is 0 Å². The minimum atomic E-state index is -0.482. The average Bonchev–Trinajstić information content (AvgIpc) is 2.03. The van der Waals surface area contributed by atoms with E-state index in [0.717, 1.165) is 11.1 Å². The quantitative estimate of drug-likeness (QED) is 0.653. The van der Waals surface area contributed by atoms with E-state index >= 15 is 0 Å². The molecule has 0 amide bonds. The highest BCUT2D eigenvalue weighted by atomic mass is 16.5. The molecule has 0 rings (SSSR count). The van der Waals surface area contributed by atoms with Gasteiger partial charge < -0.3 is 9.84 Å². The van der Waals surface area contributed by atoms with Gasteiger partial charge in [0.2, 0.25) is 0 Å². The number of hydrogen-bond acceptors (Lipinski definition) is 2. The molecule has 0 fully saturated rings. The number of rotatable bonds is 4. The second-order valence-electron chi connectivity index (χ2n) is 2.97. The van der Waals surface area contributed by atoms with Gasteiger partial charge in [-0.2, -0.15) is 0 Å². The Hall–Kier alpha value is -0.600. The topological polar surface area (TPSA) is 29.5 Å². The molecule has 0 aliphatic carbocycles. The van der Waals surface area contributed by atoms with E-state index in [1.54, 1.807) is 20.1 Å². The lowest BCUT2D eigenvalue weighted by Gasteiger charge is -2.20. The van der Waals surface area contributed by atoms with Crippen molar-refractivity contribution in [2.45, 2.75) is 33.0 Å². The van der Waals surface area contributed by atoms with Crippen LogP contribution in [0.3, 0.4) is 0 Å². The van der Waals surface area contributed by atoms with Gasteiger partial charge in [-0.05, 0) is 26.3 Å². The second-order valence-corrected chi connectivity index (χ2v) is 2.97. The SMILES string of the molecule is C=C/C(C)=C(/C)C(OC)C(C)O. The number of hydrogen-bond donors (Lipinski definition) is 1. The summed E-state index contributed by atoms with van der Waals surface area (Å²) in [5.41, 5.74) is 2.09.